The summed E-state index contributed by atoms with van der Waals surface area (Å²) in [4.78, 5) is 12.1. The van der Waals surface area contributed by atoms with Gasteiger partial charge in [-0.2, -0.15) is 11.3 Å². The molecule has 0 radical (unpaired) electrons. The minimum Gasteiger partial charge on any atom is -0.369 e. The third kappa shape index (κ3) is 3.02. The van der Waals surface area contributed by atoms with Gasteiger partial charge < -0.3 is 4.74 Å². The van der Waals surface area contributed by atoms with Crippen LogP contribution in [0.15, 0.2) is 47.2 Å². The number of Topliss-reactive ketones (excluding diaryl/α,β-unsaturated/α-hetero) is 1. The van der Waals surface area contributed by atoms with Crippen LogP contribution in [-0.2, 0) is 16.0 Å². The van der Waals surface area contributed by atoms with E-state index in [0.29, 0.717) is 6.42 Å². The molecule has 0 aliphatic rings. The first-order valence-electron chi connectivity index (χ1n) is 5.43. The molecular weight excluding hydrogens is 232 g/mol. The summed E-state index contributed by atoms with van der Waals surface area (Å²) in [6.07, 6.45) is -0.0345. The molecule has 3 heteroatoms. The van der Waals surface area contributed by atoms with Gasteiger partial charge in [0, 0.05) is 13.5 Å². The van der Waals surface area contributed by atoms with Gasteiger partial charge in [0.05, 0.1) is 0 Å². The number of hydrogen-bond donors (Lipinski definition) is 0. The van der Waals surface area contributed by atoms with Crippen molar-refractivity contribution in [1.29, 1.82) is 0 Å². The molecule has 0 bridgehead atoms. The SMILES string of the molecule is COC(C(=O)Cc1ccsc1)c1ccccc1. The van der Waals surface area contributed by atoms with Gasteiger partial charge in [0.25, 0.3) is 0 Å². The average Bonchev–Trinajstić information content (AvgIpc) is 2.84. The molecule has 2 aromatic rings. The topological polar surface area (TPSA) is 26.3 Å². The van der Waals surface area contributed by atoms with Crippen molar-refractivity contribution < 1.29 is 9.53 Å². The molecule has 1 aromatic carbocycles. The smallest absolute Gasteiger partial charge is 0.170 e. The molecule has 0 N–H and O–H groups in total. The lowest BCUT2D eigenvalue weighted by Gasteiger charge is -2.14. The summed E-state index contributed by atoms with van der Waals surface area (Å²) in [5, 5.41) is 3.97. The van der Waals surface area contributed by atoms with Crippen LogP contribution in [0.3, 0.4) is 0 Å². The van der Waals surface area contributed by atoms with E-state index in [0.717, 1.165) is 11.1 Å². The van der Waals surface area contributed by atoms with E-state index in [1.165, 1.54) is 0 Å². The Bertz CT molecular complexity index is 462. The van der Waals surface area contributed by atoms with Crippen molar-refractivity contribution in [3.05, 3.63) is 58.3 Å². The molecule has 0 amide bonds. The predicted molar refractivity (Wildman–Crippen MR) is 69.2 cm³/mol. The van der Waals surface area contributed by atoms with E-state index in [1.54, 1.807) is 18.4 Å². The normalized spacial score (nSPS) is 12.3. The Morgan fingerprint density at radius 3 is 2.65 bits per heavy atom. The second-order valence-corrected chi connectivity index (χ2v) is 4.58. The first-order valence-corrected chi connectivity index (χ1v) is 6.37. The van der Waals surface area contributed by atoms with E-state index < -0.39 is 6.10 Å². The minimum atomic E-state index is -0.462. The molecule has 0 fully saturated rings. The minimum absolute atomic E-state index is 0.0945. The summed E-state index contributed by atoms with van der Waals surface area (Å²) >= 11 is 1.60. The van der Waals surface area contributed by atoms with Gasteiger partial charge in [-0.15, -0.1) is 0 Å². The zero-order valence-electron chi connectivity index (χ0n) is 9.63. The molecule has 0 spiro atoms. The van der Waals surface area contributed by atoms with Crippen LogP contribution in [0.1, 0.15) is 17.2 Å². The van der Waals surface area contributed by atoms with Gasteiger partial charge in [-0.05, 0) is 28.0 Å². The number of carbonyl (C=O) groups excluding carboxylic acids is 1. The van der Waals surface area contributed by atoms with Crippen molar-refractivity contribution in [2.24, 2.45) is 0 Å². The lowest BCUT2D eigenvalue weighted by atomic mass is 10.0. The fraction of sp³-hybridized carbons (Fsp3) is 0.214. The maximum absolute atomic E-state index is 12.1. The Kier molecular flexibility index (Phi) is 4.07. The molecule has 88 valence electrons. The van der Waals surface area contributed by atoms with Crippen LogP contribution in [0.25, 0.3) is 0 Å². The van der Waals surface area contributed by atoms with Crippen molar-refractivity contribution in [1.82, 2.24) is 0 Å². The van der Waals surface area contributed by atoms with Crippen LogP contribution in [-0.4, -0.2) is 12.9 Å². The molecule has 17 heavy (non-hydrogen) atoms. The molecular formula is C14H14O2S. The lowest BCUT2D eigenvalue weighted by molar-refractivity contribution is -0.128. The summed E-state index contributed by atoms with van der Waals surface area (Å²) in [5.41, 5.74) is 1.97. The van der Waals surface area contributed by atoms with Gasteiger partial charge in [-0.3, -0.25) is 4.79 Å². The monoisotopic (exact) mass is 246 g/mol. The highest BCUT2D eigenvalue weighted by atomic mass is 32.1. The predicted octanol–water partition coefficient (Wildman–Crippen LogP) is 3.25. The van der Waals surface area contributed by atoms with Gasteiger partial charge >= 0.3 is 0 Å². The molecule has 2 nitrogen and oxygen atoms in total. The fourth-order valence-electron chi connectivity index (χ4n) is 1.77. The standard InChI is InChI=1S/C14H14O2S/c1-16-14(12-5-3-2-4-6-12)13(15)9-11-7-8-17-10-11/h2-8,10,14H,9H2,1H3. The zero-order chi connectivity index (χ0) is 12.1. The van der Waals surface area contributed by atoms with Crippen LogP contribution < -0.4 is 0 Å². The molecule has 1 aromatic heterocycles. The second-order valence-electron chi connectivity index (χ2n) is 3.80. The number of ether oxygens (including phenoxy) is 1. The van der Waals surface area contributed by atoms with E-state index in [4.69, 9.17) is 4.74 Å². The molecule has 0 aliphatic carbocycles. The quantitative estimate of drug-likeness (QED) is 0.809. The molecule has 1 heterocycles. The highest BCUT2D eigenvalue weighted by Gasteiger charge is 2.19. The van der Waals surface area contributed by atoms with Crippen molar-refractivity contribution >= 4 is 17.1 Å². The van der Waals surface area contributed by atoms with E-state index in [2.05, 4.69) is 0 Å². The zero-order valence-corrected chi connectivity index (χ0v) is 10.4. The van der Waals surface area contributed by atoms with E-state index >= 15 is 0 Å². The summed E-state index contributed by atoms with van der Waals surface area (Å²) < 4.78 is 5.30. The van der Waals surface area contributed by atoms with Crippen LogP contribution in [0.4, 0.5) is 0 Å². The molecule has 0 saturated carbocycles. The number of thiophene rings is 1. The summed E-state index contributed by atoms with van der Waals surface area (Å²) in [6.45, 7) is 0. The van der Waals surface area contributed by atoms with E-state index in [1.807, 2.05) is 47.2 Å². The van der Waals surface area contributed by atoms with Crippen molar-refractivity contribution in [3.63, 3.8) is 0 Å². The Balaban J connectivity index is 2.11. The lowest BCUT2D eigenvalue weighted by Crippen LogP contribution is -2.16. The summed E-state index contributed by atoms with van der Waals surface area (Å²) in [6, 6.07) is 11.6. The number of carbonyl (C=O) groups is 1. The number of hydrogen-bond acceptors (Lipinski definition) is 3. The fourth-order valence-corrected chi connectivity index (χ4v) is 2.44. The third-order valence-corrected chi connectivity index (χ3v) is 3.32. The third-order valence-electron chi connectivity index (χ3n) is 2.59. The van der Waals surface area contributed by atoms with E-state index in [9.17, 15) is 4.79 Å². The van der Waals surface area contributed by atoms with Gasteiger partial charge in [0.1, 0.15) is 6.10 Å². The summed E-state index contributed by atoms with van der Waals surface area (Å²) in [5.74, 6) is 0.0945. The maximum Gasteiger partial charge on any atom is 0.170 e. The van der Waals surface area contributed by atoms with Crippen LogP contribution in [0.5, 0.6) is 0 Å². The number of rotatable bonds is 5. The number of ketones is 1. The molecule has 0 aliphatic heterocycles. The van der Waals surface area contributed by atoms with Gasteiger partial charge in [-0.25, -0.2) is 0 Å². The Morgan fingerprint density at radius 1 is 1.29 bits per heavy atom. The molecule has 1 unspecified atom stereocenters. The number of benzene rings is 1. The maximum atomic E-state index is 12.1. The Morgan fingerprint density at radius 2 is 2.06 bits per heavy atom. The highest BCUT2D eigenvalue weighted by Crippen LogP contribution is 2.20. The van der Waals surface area contributed by atoms with Crippen molar-refractivity contribution in [2.45, 2.75) is 12.5 Å². The van der Waals surface area contributed by atoms with E-state index in [-0.39, 0.29) is 5.78 Å². The Hall–Kier alpha value is -1.45. The highest BCUT2D eigenvalue weighted by molar-refractivity contribution is 7.07. The first-order chi connectivity index (χ1) is 8.31. The van der Waals surface area contributed by atoms with Crippen molar-refractivity contribution in [2.75, 3.05) is 7.11 Å². The van der Waals surface area contributed by atoms with Crippen molar-refractivity contribution in [3.8, 4) is 0 Å². The Labute approximate surface area is 105 Å². The van der Waals surface area contributed by atoms with Crippen LogP contribution >= 0.6 is 11.3 Å². The van der Waals surface area contributed by atoms with Gasteiger partial charge in [-0.1, -0.05) is 30.3 Å². The second kappa shape index (κ2) is 5.75. The van der Waals surface area contributed by atoms with Gasteiger partial charge in [0.15, 0.2) is 5.78 Å². The van der Waals surface area contributed by atoms with Gasteiger partial charge in [0.2, 0.25) is 0 Å². The first kappa shape index (κ1) is 12.0. The molecule has 0 saturated heterocycles. The van der Waals surface area contributed by atoms with Crippen LogP contribution in [0, 0.1) is 0 Å². The summed E-state index contributed by atoms with van der Waals surface area (Å²) in [7, 11) is 1.57. The number of methoxy groups -OCH3 is 1. The molecule has 1 atom stereocenters. The van der Waals surface area contributed by atoms with Crippen LogP contribution in [0.2, 0.25) is 0 Å². The average molecular weight is 246 g/mol. The molecule has 2 rings (SSSR count). The largest absolute Gasteiger partial charge is 0.369 e.